The lowest BCUT2D eigenvalue weighted by Crippen LogP contribution is -2.39. The van der Waals surface area contributed by atoms with Crippen molar-refractivity contribution >= 4 is 11.7 Å². The van der Waals surface area contributed by atoms with Crippen LogP contribution in [-0.4, -0.2) is 47.3 Å². The molecule has 2 heterocycles. The Morgan fingerprint density at radius 1 is 0.789 bits per heavy atom. The predicted octanol–water partition coefficient (Wildman–Crippen LogP) is 6.16. The van der Waals surface area contributed by atoms with Gasteiger partial charge in [0, 0.05) is 35.5 Å². The highest BCUT2D eigenvalue weighted by Crippen LogP contribution is 2.29. The van der Waals surface area contributed by atoms with Crippen LogP contribution in [0.4, 0.5) is 4.39 Å². The molecule has 38 heavy (non-hydrogen) atoms. The Morgan fingerprint density at radius 3 is 2.05 bits per heavy atom. The molecule has 5 rings (SSSR count). The number of pyridine rings is 1. The van der Waals surface area contributed by atoms with Crippen molar-refractivity contribution < 1.29 is 14.0 Å². The second-order valence-corrected chi connectivity index (χ2v) is 10.8. The average Bonchev–Trinajstić information content (AvgIpc) is 2.97. The number of hydrogen-bond donors (Lipinski definition) is 1. The lowest BCUT2D eigenvalue weighted by atomic mass is 9.83. The molecular weight excluding hydrogens is 477 g/mol. The SMILES string of the molecule is O=C(NC1CCC(CCN2CCC(C(=O)c3ccc(F)cc3)CC2)CC1)c1ccc(-c2ccncc2)cc1. The maximum Gasteiger partial charge on any atom is 0.251 e. The molecule has 1 N–H and O–H groups in total. The molecule has 0 unspecified atom stereocenters. The molecule has 198 valence electrons. The van der Waals surface area contributed by atoms with E-state index in [1.807, 2.05) is 36.4 Å². The number of ketones is 1. The zero-order valence-corrected chi connectivity index (χ0v) is 21.8. The van der Waals surface area contributed by atoms with Gasteiger partial charge >= 0.3 is 0 Å². The van der Waals surface area contributed by atoms with E-state index in [1.54, 1.807) is 24.5 Å². The second kappa shape index (κ2) is 12.4. The van der Waals surface area contributed by atoms with Crippen molar-refractivity contribution in [3.05, 3.63) is 90.0 Å². The number of benzene rings is 2. The molecule has 1 aliphatic carbocycles. The first kappa shape index (κ1) is 26.2. The third-order valence-electron chi connectivity index (χ3n) is 8.28. The standard InChI is InChI=1S/C32H36FN3O2/c33-29-9-7-26(8-10-29)31(37)27-16-21-36(22-17-27)20-15-23-1-11-30(12-2-23)35-32(38)28-5-3-24(4-6-28)25-13-18-34-19-14-25/h3-10,13-14,18-19,23,27,30H,1-2,11-12,15-17,20-22H2,(H,35,38). The van der Waals surface area contributed by atoms with Crippen LogP contribution >= 0.6 is 0 Å². The summed E-state index contributed by atoms with van der Waals surface area (Å²) >= 11 is 0. The molecule has 1 aliphatic heterocycles. The molecule has 1 aromatic heterocycles. The minimum Gasteiger partial charge on any atom is -0.349 e. The highest BCUT2D eigenvalue weighted by Gasteiger charge is 2.27. The summed E-state index contributed by atoms with van der Waals surface area (Å²) in [6, 6.07) is 17.9. The van der Waals surface area contributed by atoms with E-state index >= 15 is 0 Å². The van der Waals surface area contributed by atoms with Crippen molar-refractivity contribution in [3.8, 4) is 11.1 Å². The number of likely N-dealkylation sites (tertiary alicyclic amines) is 1. The Hall–Kier alpha value is -3.38. The fourth-order valence-corrected chi connectivity index (χ4v) is 5.86. The van der Waals surface area contributed by atoms with Gasteiger partial charge in [-0.1, -0.05) is 12.1 Å². The number of amides is 1. The van der Waals surface area contributed by atoms with Gasteiger partial charge in [0.05, 0.1) is 0 Å². The van der Waals surface area contributed by atoms with Crippen molar-refractivity contribution in [1.82, 2.24) is 15.2 Å². The fourth-order valence-electron chi connectivity index (χ4n) is 5.86. The van der Waals surface area contributed by atoms with Crippen LogP contribution in [0.3, 0.4) is 0 Å². The predicted molar refractivity (Wildman–Crippen MR) is 147 cm³/mol. The summed E-state index contributed by atoms with van der Waals surface area (Å²) in [4.78, 5) is 32.0. The molecule has 2 aromatic carbocycles. The summed E-state index contributed by atoms with van der Waals surface area (Å²) in [7, 11) is 0. The van der Waals surface area contributed by atoms with E-state index in [9.17, 15) is 14.0 Å². The van der Waals surface area contributed by atoms with Gasteiger partial charge in [-0.15, -0.1) is 0 Å². The van der Waals surface area contributed by atoms with E-state index in [2.05, 4.69) is 15.2 Å². The Morgan fingerprint density at radius 2 is 1.39 bits per heavy atom. The Kier molecular flexibility index (Phi) is 8.59. The van der Waals surface area contributed by atoms with Gasteiger partial charge in [-0.2, -0.15) is 0 Å². The van der Waals surface area contributed by atoms with E-state index in [0.717, 1.165) is 69.3 Å². The normalized spacial score (nSPS) is 20.7. The van der Waals surface area contributed by atoms with Gasteiger partial charge < -0.3 is 10.2 Å². The lowest BCUT2D eigenvalue weighted by molar-refractivity contribution is 0.0832. The van der Waals surface area contributed by atoms with Crippen LogP contribution in [0.2, 0.25) is 0 Å². The molecule has 2 aliphatic rings. The van der Waals surface area contributed by atoms with Gasteiger partial charge in [-0.25, -0.2) is 4.39 Å². The zero-order chi connectivity index (χ0) is 26.3. The van der Waals surface area contributed by atoms with Gasteiger partial charge in [0.1, 0.15) is 5.82 Å². The molecule has 1 saturated carbocycles. The first-order chi connectivity index (χ1) is 18.5. The van der Waals surface area contributed by atoms with Crippen molar-refractivity contribution in [2.75, 3.05) is 19.6 Å². The minimum atomic E-state index is -0.306. The van der Waals surface area contributed by atoms with E-state index in [0.29, 0.717) is 17.0 Å². The van der Waals surface area contributed by atoms with Gasteiger partial charge in [0.15, 0.2) is 5.78 Å². The van der Waals surface area contributed by atoms with Gasteiger partial charge in [-0.3, -0.25) is 14.6 Å². The number of nitrogens with zero attached hydrogens (tertiary/aromatic N) is 2. The van der Waals surface area contributed by atoms with Crippen LogP contribution in [0, 0.1) is 17.7 Å². The van der Waals surface area contributed by atoms with Crippen LogP contribution in [0.1, 0.15) is 65.7 Å². The molecule has 0 radical (unpaired) electrons. The van der Waals surface area contributed by atoms with Crippen LogP contribution < -0.4 is 5.32 Å². The second-order valence-electron chi connectivity index (χ2n) is 10.8. The van der Waals surface area contributed by atoms with Crippen molar-refractivity contribution in [1.29, 1.82) is 0 Å². The molecule has 5 nitrogen and oxygen atoms in total. The van der Waals surface area contributed by atoms with Gasteiger partial charge in [0.2, 0.25) is 0 Å². The number of aromatic nitrogens is 1. The molecule has 2 fully saturated rings. The minimum absolute atomic E-state index is 0.00721. The summed E-state index contributed by atoms with van der Waals surface area (Å²) in [6.45, 7) is 2.97. The molecule has 0 atom stereocenters. The maximum absolute atomic E-state index is 13.2. The van der Waals surface area contributed by atoms with E-state index in [1.165, 1.54) is 18.6 Å². The molecule has 6 heteroatoms. The van der Waals surface area contributed by atoms with Crippen molar-refractivity contribution in [2.45, 2.75) is 51.0 Å². The van der Waals surface area contributed by atoms with Crippen LogP contribution in [0.5, 0.6) is 0 Å². The maximum atomic E-state index is 13.2. The van der Waals surface area contributed by atoms with E-state index in [4.69, 9.17) is 0 Å². The number of rotatable bonds is 8. The number of nitrogens with one attached hydrogen (secondary N) is 1. The topological polar surface area (TPSA) is 62.3 Å². The molecule has 3 aromatic rings. The first-order valence-electron chi connectivity index (χ1n) is 13.9. The van der Waals surface area contributed by atoms with Crippen molar-refractivity contribution in [2.24, 2.45) is 11.8 Å². The number of Topliss-reactive ketones (excluding diaryl/α,β-unsaturated/α-hetero) is 1. The summed E-state index contributed by atoms with van der Waals surface area (Å²) in [5, 5.41) is 3.24. The van der Waals surface area contributed by atoms with Crippen molar-refractivity contribution in [3.63, 3.8) is 0 Å². The average molecular weight is 514 g/mol. The molecular formula is C32H36FN3O2. The smallest absolute Gasteiger partial charge is 0.251 e. The van der Waals surface area contributed by atoms with Gasteiger partial charge in [0.25, 0.3) is 5.91 Å². The third-order valence-corrected chi connectivity index (χ3v) is 8.28. The summed E-state index contributed by atoms with van der Waals surface area (Å²) in [5.74, 6) is 0.589. The lowest BCUT2D eigenvalue weighted by Gasteiger charge is -2.34. The zero-order valence-electron chi connectivity index (χ0n) is 21.8. The number of carbonyl (C=O) groups is 2. The summed E-state index contributed by atoms with van der Waals surface area (Å²) < 4.78 is 13.2. The molecule has 1 saturated heterocycles. The highest BCUT2D eigenvalue weighted by molar-refractivity contribution is 5.98. The Balaban J connectivity index is 1.00. The molecule has 0 bridgehead atoms. The third kappa shape index (κ3) is 6.73. The molecule has 0 spiro atoms. The Bertz CT molecular complexity index is 1200. The highest BCUT2D eigenvalue weighted by atomic mass is 19.1. The van der Waals surface area contributed by atoms with Crippen LogP contribution in [0.25, 0.3) is 11.1 Å². The van der Waals surface area contributed by atoms with Gasteiger partial charge in [-0.05, 0) is 130 Å². The Labute approximate surface area is 224 Å². The number of piperidine rings is 1. The van der Waals surface area contributed by atoms with Crippen LogP contribution in [-0.2, 0) is 0 Å². The first-order valence-corrected chi connectivity index (χ1v) is 13.9. The summed E-state index contributed by atoms with van der Waals surface area (Å²) in [5.41, 5.74) is 3.49. The largest absolute Gasteiger partial charge is 0.349 e. The monoisotopic (exact) mass is 513 g/mol. The summed E-state index contributed by atoms with van der Waals surface area (Å²) in [6.07, 6.45) is 10.8. The number of halogens is 1. The van der Waals surface area contributed by atoms with E-state index in [-0.39, 0.29) is 29.5 Å². The number of carbonyl (C=O) groups excluding carboxylic acids is 2. The molecule has 1 amide bonds. The quantitative estimate of drug-likeness (QED) is 0.367. The van der Waals surface area contributed by atoms with Crippen LogP contribution in [0.15, 0.2) is 73.1 Å². The number of hydrogen-bond acceptors (Lipinski definition) is 4. The van der Waals surface area contributed by atoms with E-state index < -0.39 is 0 Å². The fraction of sp³-hybridized carbons (Fsp3) is 0.406.